The number of benzene rings is 1. The fourth-order valence-corrected chi connectivity index (χ4v) is 1.24. The van der Waals surface area contributed by atoms with Gasteiger partial charge in [0.2, 0.25) is 0 Å². The first kappa shape index (κ1) is 12.6. The third kappa shape index (κ3) is 4.84. The number of hydrogen-bond donors (Lipinski definition) is 1. The van der Waals surface area contributed by atoms with Crippen LogP contribution in [0.5, 0.6) is 11.5 Å². The molecule has 0 saturated carbocycles. The van der Waals surface area contributed by atoms with Crippen molar-refractivity contribution in [2.75, 3.05) is 26.8 Å². The van der Waals surface area contributed by atoms with E-state index in [0.717, 1.165) is 31.0 Å². The molecule has 0 atom stereocenters. The van der Waals surface area contributed by atoms with E-state index in [1.54, 1.807) is 7.11 Å². The lowest BCUT2D eigenvalue weighted by molar-refractivity contribution is 0.314. The molecule has 1 N–H and O–H groups in total. The molecule has 0 saturated heterocycles. The lowest BCUT2D eigenvalue weighted by Crippen LogP contribution is -2.21. The fraction of sp³-hybridized carbons (Fsp3) is 0.385. The van der Waals surface area contributed by atoms with Crippen LogP contribution in [0.4, 0.5) is 0 Å². The summed E-state index contributed by atoms with van der Waals surface area (Å²) in [6.45, 7) is 6.13. The van der Waals surface area contributed by atoms with Gasteiger partial charge in [0.25, 0.3) is 0 Å². The molecule has 0 fully saturated rings. The minimum absolute atomic E-state index is 0.670. The Morgan fingerprint density at radius 3 is 2.50 bits per heavy atom. The molecule has 0 spiro atoms. The predicted octanol–water partition coefficient (Wildman–Crippen LogP) is 2.24. The van der Waals surface area contributed by atoms with Crippen LogP contribution in [0.2, 0.25) is 0 Å². The van der Waals surface area contributed by atoms with Crippen LogP contribution in [-0.4, -0.2) is 26.8 Å². The Morgan fingerprint density at radius 1 is 1.19 bits per heavy atom. The second kappa shape index (κ2) is 7.77. The van der Waals surface area contributed by atoms with Crippen LogP contribution in [0, 0.1) is 0 Å². The molecule has 1 aromatic rings. The zero-order chi connectivity index (χ0) is 11.6. The maximum Gasteiger partial charge on any atom is 0.119 e. The van der Waals surface area contributed by atoms with Gasteiger partial charge >= 0.3 is 0 Å². The van der Waals surface area contributed by atoms with Gasteiger partial charge in [-0.05, 0) is 37.2 Å². The molecule has 0 heterocycles. The van der Waals surface area contributed by atoms with Gasteiger partial charge in [0, 0.05) is 6.54 Å². The van der Waals surface area contributed by atoms with Crippen LogP contribution >= 0.6 is 0 Å². The van der Waals surface area contributed by atoms with Crippen molar-refractivity contribution in [1.29, 1.82) is 0 Å². The first-order valence-corrected chi connectivity index (χ1v) is 5.45. The van der Waals surface area contributed by atoms with Gasteiger partial charge in [-0.15, -0.1) is 6.58 Å². The molecule has 1 rings (SSSR count). The summed E-state index contributed by atoms with van der Waals surface area (Å²) in [5.74, 6) is 1.71. The lowest BCUT2D eigenvalue weighted by atomic mass is 10.3. The zero-order valence-electron chi connectivity index (χ0n) is 9.74. The zero-order valence-corrected chi connectivity index (χ0v) is 9.74. The molecule has 0 radical (unpaired) electrons. The summed E-state index contributed by atoms with van der Waals surface area (Å²) >= 11 is 0. The quantitative estimate of drug-likeness (QED) is 0.539. The third-order valence-electron chi connectivity index (χ3n) is 2.13. The Balaban J connectivity index is 2.14. The monoisotopic (exact) mass is 221 g/mol. The van der Waals surface area contributed by atoms with E-state index >= 15 is 0 Å². The second-order valence-electron chi connectivity index (χ2n) is 3.35. The van der Waals surface area contributed by atoms with Gasteiger partial charge in [-0.25, -0.2) is 0 Å². The van der Waals surface area contributed by atoms with E-state index in [0.29, 0.717) is 6.61 Å². The maximum absolute atomic E-state index is 5.54. The fourth-order valence-electron chi connectivity index (χ4n) is 1.24. The summed E-state index contributed by atoms with van der Waals surface area (Å²) in [5, 5.41) is 3.26. The van der Waals surface area contributed by atoms with Crippen molar-refractivity contribution in [2.45, 2.75) is 6.42 Å². The van der Waals surface area contributed by atoms with Crippen LogP contribution in [0.25, 0.3) is 0 Å². The summed E-state index contributed by atoms with van der Waals surface area (Å²) in [6, 6.07) is 7.59. The van der Waals surface area contributed by atoms with Crippen molar-refractivity contribution in [3.63, 3.8) is 0 Å². The molecule has 3 nitrogen and oxygen atoms in total. The van der Waals surface area contributed by atoms with E-state index in [2.05, 4.69) is 11.9 Å². The van der Waals surface area contributed by atoms with Gasteiger partial charge in [0.05, 0.1) is 7.11 Å². The molecule has 0 unspecified atom stereocenters. The molecule has 0 aliphatic carbocycles. The number of ether oxygens (including phenoxy) is 2. The van der Waals surface area contributed by atoms with Crippen molar-refractivity contribution in [1.82, 2.24) is 5.32 Å². The molecule has 3 heteroatoms. The summed E-state index contributed by atoms with van der Waals surface area (Å²) in [6.07, 6.45) is 2.89. The summed E-state index contributed by atoms with van der Waals surface area (Å²) < 4.78 is 10.6. The molecule has 88 valence electrons. The van der Waals surface area contributed by atoms with Crippen molar-refractivity contribution >= 4 is 0 Å². The molecule has 0 aliphatic heterocycles. The SMILES string of the molecule is C=CCCNCCOc1ccc(OC)cc1. The third-order valence-corrected chi connectivity index (χ3v) is 2.13. The topological polar surface area (TPSA) is 30.5 Å². The van der Waals surface area contributed by atoms with Crippen molar-refractivity contribution < 1.29 is 9.47 Å². The molecular formula is C13H19NO2. The van der Waals surface area contributed by atoms with Crippen molar-refractivity contribution in [3.05, 3.63) is 36.9 Å². The number of methoxy groups -OCH3 is 1. The minimum Gasteiger partial charge on any atom is -0.497 e. The number of hydrogen-bond acceptors (Lipinski definition) is 3. The van der Waals surface area contributed by atoms with E-state index in [1.165, 1.54) is 0 Å². The van der Waals surface area contributed by atoms with Gasteiger partial charge in [-0.3, -0.25) is 0 Å². The van der Waals surface area contributed by atoms with Crippen molar-refractivity contribution in [2.24, 2.45) is 0 Å². The lowest BCUT2D eigenvalue weighted by Gasteiger charge is -2.07. The first-order valence-electron chi connectivity index (χ1n) is 5.45. The Labute approximate surface area is 97.1 Å². The van der Waals surface area contributed by atoms with Crippen molar-refractivity contribution in [3.8, 4) is 11.5 Å². The van der Waals surface area contributed by atoms with Gasteiger partial charge in [-0.1, -0.05) is 6.08 Å². The van der Waals surface area contributed by atoms with E-state index < -0.39 is 0 Å². The molecule has 0 aliphatic rings. The first-order chi connectivity index (χ1) is 7.86. The van der Waals surface area contributed by atoms with E-state index in [1.807, 2.05) is 30.3 Å². The second-order valence-corrected chi connectivity index (χ2v) is 3.35. The highest BCUT2D eigenvalue weighted by atomic mass is 16.5. The van der Waals surface area contributed by atoms with Gasteiger partial charge in [0.15, 0.2) is 0 Å². The predicted molar refractivity (Wildman–Crippen MR) is 66.2 cm³/mol. The van der Waals surface area contributed by atoms with Gasteiger partial charge in [0.1, 0.15) is 18.1 Å². The Morgan fingerprint density at radius 2 is 1.88 bits per heavy atom. The van der Waals surface area contributed by atoms with Gasteiger partial charge < -0.3 is 14.8 Å². The largest absolute Gasteiger partial charge is 0.497 e. The van der Waals surface area contributed by atoms with Crippen LogP contribution in [0.15, 0.2) is 36.9 Å². The standard InChI is InChI=1S/C13H19NO2/c1-3-4-9-14-10-11-16-13-7-5-12(15-2)6-8-13/h3,5-8,14H,1,4,9-11H2,2H3. The molecule has 1 aromatic carbocycles. The Bertz CT molecular complexity index is 295. The highest BCUT2D eigenvalue weighted by Crippen LogP contribution is 2.16. The molecule has 16 heavy (non-hydrogen) atoms. The number of rotatable bonds is 8. The average molecular weight is 221 g/mol. The highest BCUT2D eigenvalue weighted by molar-refractivity contribution is 5.31. The van der Waals surface area contributed by atoms with Crippen LogP contribution in [0.1, 0.15) is 6.42 Å². The molecular weight excluding hydrogens is 202 g/mol. The molecule has 0 bridgehead atoms. The minimum atomic E-state index is 0.670. The molecule has 0 aromatic heterocycles. The Kier molecular flexibility index (Phi) is 6.11. The van der Waals surface area contributed by atoms with Crippen LogP contribution < -0.4 is 14.8 Å². The van der Waals surface area contributed by atoms with Gasteiger partial charge in [-0.2, -0.15) is 0 Å². The van der Waals surface area contributed by atoms with E-state index in [-0.39, 0.29) is 0 Å². The van der Waals surface area contributed by atoms with Crippen LogP contribution in [0.3, 0.4) is 0 Å². The number of nitrogens with one attached hydrogen (secondary N) is 1. The summed E-state index contributed by atoms with van der Waals surface area (Å²) in [7, 11) is 1.65. The molecule has 0 amide bonds. The average Bonchev–Trinajstić information content (AvgIpc) is 2.34. The van der Waals surface area contributed by atoms with E-state index in [4.69, 9.17) is 9.47 Å². The normalized spacial score (nSPS) is 9.81. The summed E-state index contributed by atoms with van der Waals surface area (Å²) in [5.41, 5.74) is 0. The highest BCUT2D eigenvalue weighted by Gasteiger charge is 1.94. The maximum atomic E-state index is 5.54. The van der Waals surface area contributed by atoms with E-state index in [9.17, 15) is 0 Å². The van der Waals surface area contributed by atoms with Crippen LogP contribution in [-0.2, 0) is 0 Å². The smallest absolute Gasteiger partial charge is 0.119 e. The Hall–Kier alpha value is -1.48. The summed E-state index contributed by atoms with van der Waals surface area (Å²) in [4.78, 5) is 0.